The number of unbranched alkanes of at least 4 members (excludes halogenated alkanes) is 3. The van der Waals surface area contributed by atoms with E-state index in [1.54, 1.807) is 13.0 Å². The molecule has 0 aliphatic rings. The van der Waals surface area contributed by atoms with Crippen molar-refractivity contribution in [1.29, 1.82) is 0 Å². The van der Waals surface area contributed by atoms with E-state index in [0.717, 1.165) is 19.3 Å². The van der Waals surface area contributed by atoms with Gasteiger partial charge in [0.05, 0.1) is 15.6 Å². The largest absolute Gasteiger partial charge is 0.397 e. The number of halogens is 1. The molecule has 0 aromatic heterocycles. The van der Waals surface area contributed by atoms with E-state index in [2.05, 4.69) is 11.6 Å². The molecule has 1 aromatic rings. The number of hydrogen-bond acceptors (Lipinski definition) is 3. The number of benzene rings is 1. The van der Waals surface area contributed by atoms with Crippen LogP contribution in [0.5, 0.6) is 0 Å². The smallest absolute Gasteiger partial charge is 0.241 e. The number of anilines is 1. The Morgan fingerprint density at radius 3 is 2.57 bits per heavy atom. The lowest BCUT2D eigenvalue weighted by molar-refractivity contribution is 0.521. The maximum atomic E-state index is 12.4. The fourth-order valence-electron chi connectivity index (χ4n) is 2.22. The predicted octanol–water partition coefficient (Wildman–Crippen LogP) is 3.87. The first-order chi connectivity index (χ1) is 9.77. The highest BCUT2D eigenvalue weighted by Gasteiger charge is 2.20. The Kier molecular flexibility index (Phi) is 6.97. The zero-order valence-electron chi connectivity index (χ0n) is 12.9. The lowest BCUT2D eigenvalue weighted by Gasteiger charge is -2.16. The Balaban J connectivity index is 2.75. The first-order valence-electron chi connectivity index (χ1n) is 7.36. The number of nitrogens with two attached hydrogens (primary N) is 1. The van der Waals surface area contributed by atoms with Gasteiger partial charge in [-0.1, -0.05) is 44.2 Å². The average Bonchev–Trinajstić information content (AvgIpc) is 2.38. The highest BCUT2D eigenvalue weighted by Crippen LogP contribution is 2.26. The Labute approximate surface area is 133 Å². The van der Waals surface area contributed by atoms with Crippen LogP contribution in [0, 0.1) is 6.92 Å². The van der Waals surface area contributed by atoms with Gasteiger partial charge in [0.15, 0.2) is 0 Å². The van der Waals surface area contributed by atoms with Gasteiger partial charge in [0, 0.05) is 6.04 Å². The molecule has 1 unspecified atom stereocenters. The maximum absolute atomic E-state index is 12.4. The molecule has 0 saturated heterocycles. The number of rotatable bonds is 8. The van der Waals surface area contributed by atoms with Crippen molar-refractivity contribution in [1.82, 2.24) is 4.72 Å². The second-order valence-corrected chi connectivity index (χ2v) is 7.60. The van der Waals surface area contributed by atoms with Crippen LogP contribution in [0.15, 0.2) is 17.0 Å². The molecule has 0 radical (unpaired) electrons. The molecule has 3 N–H and O–H groups in total. The summed E-state index contributed by atoms with van der Waals surface area (Å²) in [5.74, 6) is 0. The molecule has 21 heavy (non-hydrogen) atoms. The van der Waals surface area contributed by atoms with Gasteiger partial charge in [-0.15, -0.1) is 0 Å². The third-order valence-corrected chi connectivity index (χ3v) is 5.49. The van der Waals surface area contributed by atoms with Gasteiger partial charge in [-0.2, -0.15) is 0 Å². The zero-order valence-corrected chi connectivity index (χ0v) is 14.5. The lowest BCUT2D eigenvalue weighted by Crippen LogP contribution is -2.33. The molecule has 0 amide bonds. The van der Waals surface area contributed by atoms with E-state index in [4.69, 9.17) is 17.3 Å². The lowest BCUT2D eigenvalue weighted by atomic mass is 10.1. The van der Waals surface area contributed by atoms with E-state index in [0.29, 0.717) is 10.6 Å². The molecule has 0 heterocycles. The summed E-state index contributed by atoms with van der Waals surface area (Å²) in [6.45, 7) is 5.75. The van der Waals surface area contributed by atoms with Gasteiger partial charge >= 0.3 is 0 Å². The highest BCUT2D eigenvalue weighted by molar-refractivity contribution is 7.89. The predicted molar refractivity (Wildman–Crippen MR) is 89.1 cm³/mol. The molecule has 6 heteroatoms. The minimum atomic E-state index is -3.56. The van der Waals surface area contributed by atoms with E-state index < -0.39 is 10.0 Å². The molecular weight excluding hydrogens is 308 g/mol. The molecule has 0 spiro atoms. The van der Waals surface area contributed by atoms with Crippen molar-refractivity contribution in [2.75, 3.05) is 5.73 Å². The van der Waals surface area contributed by atoms with Gasteiger partial charge in [0.25, 0.3) is 0 Å². The second-order valence-electron chi connectivity index (χ2n) is 5.51. The summed E-state index contributed by atoms with van der Waals surface area (Å²) in [5, 5.41) is 0.374. The van der Waals surface area contributed by atoms with Crippen LogP contribution in [-0.4, -0.2) is 14.5 Å². The molecule has 0 bridgehead atoms. The van der Waals surface area contributed by atoms with Crippen molar-refractivity contribution >= 4 is 27.3 Å². The SMILES string of the molecule is CCCCCCC(C)NS(=O)(=O)c1cc(N)c(Cl)cc1C. The molecule has 0 aliphatic carbocycles. The molecular formula is C15H25ClN2O2S. The normalized spacial score (nSPS) is 13.3. The van der Waals surface area contributed by atoms with E-state index in [1.165, 1.54) is 18.9 Å². The Bertz CT molecular complexity index is 573. The van der Waals surface area contributed by atoms with Crippen molar-refractivity contribution in [2.24, 2.45) is 0 Å². The van der Waals surface area contributed by atoms with Gasteiger partial charge in [-0.3, -0.25) is 0 Å². The third-order valence-electron chi connectivity index (χ3n) is 3.43. The minimum absolute atomic E-state index is 0.0943. The monoisotopic (exact) mass is 332 g/mol. The van der Waals surface area contributed by atoms with Crippen molar-refractivity contribution in [3.05, 3.63) is 22.7 Å². The summed E-state index contributed by atoms with van der Waals surface area (Å²) in [6, 6.07) is 2.91. The van der Waals surface area contributed by atoms with Gasteiger partial charge in [0.1, 0.15) is 0 Å². The summed E-state index contributed by atoms with van der Waals surface area (Å²) in [4.78, 5) is 0.199. The molecule has 0 saturated carbocycles. The number of sulfonamides is 1. The molecule has 1 atom stereocenters. The summed E-state index contributed by atoms with van der Waals surface area (Å²) < 4.78 is 27.5. The van der Waals surface area contributed by atoms with Crippen molar-refractivity contribution < 1.29 is 8.42 Å². The van der Waals surface area contributed by atoms with Crippen LogP contribution in [0.4, 0.5) is 5.69 Å². The fraction of sp³-hybridized carbons (Fsp3) is 0.600. The second kappa shape index (κ2) is 8.01. The zero-order chi connectivity index (χ0) is 16.0. The Morgan fingerprint density at radius 2 is 1.95 bits per heavy atom. The van der Waals surface area contributed by atoms with E-state index in [-0.39, 0.29) is 16.6 Å². The van der Waals surface area contributed by atoms with E-state index in [1.807, 2.05) is 6.92 Å². The molecule has 1 aromatic carbocycles. The molecule has 120 valence electrons. The van der Waals surface area contributed by atoms with Crippen LogP contribution in [0.3, 0.4) is 0 Å². The van der Waals surface area contributed by atoms with Gasteiger partial charge in [-0.05, 0) is 38.0 Å². The van der Waals surface area contributed by atoms with E-state index >= 15 is 0 Å². The quantitative estimate of drug-likeness (QED) is 0.560. The summed E-state index contributed by atoms with van der Waals surface area (Å²) in [7, 11) is -3.56. The minimum Gasteiger partial charge on any atom is -0.397 e. The molecule has 0 aliphatic heterocycles. The topological polar surface area (TPSA) is 72.2 Å². The Morgan fingerprint density at radius 1 is 1.29 bits per heavy atom. The third kappa shape index (κ3) is 5.49. The van der Waals surface area contributed by atoms with Crippen LogP contribution < -0.4 is 10.5 Å². The summed E-state index contributed by atoms with van der Waals surface area (Å²) in [6.07, 6.45) is 5.35. The van der Waals surface area contributed by atoms with Crippen LogP contribution >= 0.6 is 11.6 Å². The fourth-order valence-corrected chi connectivity index (χ4v) is 3.98. The summed E-state index contributed by atoms with van der Waals surface area (Å²) >= 11 is 5.90. The van der Waals surface area contributed by atoms with Gasteiger partial charge in [-0.25, -0.2) is 13.1 Å². The van der Waals surface area contributed by atoms with Crippen molar-refractivity contribution in [3.8, 4) is 0 Å². The molecule has 4 nitrogen and oxygen atoms in total. The van der Waals surface area contributed by atoms with Crippen LogP contribution in [0.25, 0.3) is 0 Å². The van der Waals surface area contributed by atoms with Crippen LogP contribution in [0.2, 0.25) is 5.02 Å². The van der Waals surface area contributed by atoms with E-state index in [9.17, 15) is 8.42 Å². The van der Waals surface area contributed by atoms with Crippen LogP contribution in [0.1, 0.15) is 51.5 Å². The number of aryl methyl sites for hydroxylation is 1. The Hall–Kier alpha value is -0.780. The van der Waals surface area contributed by atoms with Gasteiger partial charge in [0.2, 0.25) is 10.0 Å². The number of nitrogen functional groups attached to an aromatic ring is 1. The van der Waals surface area contributed by atoms with Crippen molar-refractivity contribution in [2.45, 2.75) is 63.8 Å². The number of nitrogens with one attached hydrogen (secondary N) is 1. The van der Waals surface area contributed by atoms with Crippen molar-refractivity contribution in [3.63, 3.8) is 0 Å². The molecule has 0 fully saturated rings. The first kappa shape index (κ1) is 18.3. The standard InChI is InChI=1S/C15H25ClN2O2S/c1-4-5-6-7-8-12(3)18-21(19,20)15-10-14(17)13(16)9-11(15)2/h9-10,12,18H,4-8,17H2,1-3H3. The average molecular weight is 333 g/mol. The summed E-state index contributed by atoms with van der Waals surface area (Å²) in [5.41, 5.74) is 6.58. The first-order valence-corrected chi connectivity index (χ1v) is 9.22. The highest BCUT2D eigenvalue weighted by atomic mass is 35.5. The van der Waals surface area contributed by atoms with Gasteiger partial charge < -0.3 is 5.73 Å². The molecule has 1 rings (SSSR count). The number of hydrogen-bond donors (Lipinski definition) is 2. The van der Waals surface area contributed by atoms with Crippen LogP contribution in [-0.2, 0) is 10.0 Å². The maximum Gasteiger partial charge on any atom is 0.241 e.